The van der Waals surface area contributed by atoms with Crippen LogP contribution in [-0.2, 0) is 4.79 Å². The molecular weight excluding hydrogens is 300 g/mol. The first-order chi connectivity index (χ1) is 11.7. The highest BCUT2D eigenvalue weighted by molar-refractivity contribution is 6.11. The average Bonchev–Trinajstić information content (AvgIpc) is 2.71. The first-order valence-corrected chi connectivity index (χ1v) is 9.04. The molecule has 1 saturated heterocycles. The lowest BCUT2D eigenvalue weighted by Crippen LogP contribution is -2.47. The monoisotopic (exact) mass is 326 g/mol. The molecule has 0 radical (unpaired) electrons. The van der Waals surface area contributed by atoms with E-state index in [1.165, 1.54) is 25.7 Å². The van der Waals surface area contributed by atoms with E-state index in [0.717, 1.165) is 42.0 Å². The van der Waals surface area contributed by atoms with Gasteiger partial charge in [0.2, 0.25) is 0 Å². The Morgan fingerprint density at radius 3 is 2.58 bits per heavy atom. The Balaban J connectivity index is 1.76. The van der Waals surface area contributed by atoms with Gasteiger partial charge < -0.3 is 9.80 Å². The standard InChI is InChI=1S/C19H26N4O/c1-20-17-19(24)22(2)16-9-4-3-8-15(16)18(21-17)23-11-13-6-5-7-14(10-13)12-23/h3-4,8-9,13-14,17,20H,5-7,10-12H2,1-2H3. The van der Waals surface area contributed by atoms with E-state index in [2.05, 4.69) is 16.3 Å². The van der Waals surface area contributed by atoms with Crippen molar-refractivity contribution in [2.24, 2.45) is 16.8 Å². The van der Waals surface area contributed by atoms with Crippen LogP contribution < -0.4 is 10.2 Å². The molecule has 0 spiro atoms. The molecule has 5 nitrogen and oxygen atoms in total. The van der Waals surface area contributed by atoms with Crippen molar-refractivity contribution < 1.29 is 4.79 Å². The normalized spacial score (nSPS) is 29.8. The molecule has 2 aliphatic heterocycles. The predicted molar refractivity (Wildman–Crippen MR) is 96.3 cm³/mol. The number of aliphatic imine (C=N–C) groups is 1. The lowest BCUT2D eigenvalue weighted by molar-refractivity contribution is -0.120. The molecule has 1 N–H and O–H groups in total. The number of benzene rings is 1. The van der Waals surface area contributed by atoms with Crippen LogP contribution in [-0.4, -0.2) is 50.0 Å². The molecule has 1 aromatic carbocycles. The Labute approximate surface area is 143 Å². The summed E-state index contributed by atoms with van der Waals surface area (Å²) in [6, 6.07) is 8.15. The molecular formula is C19H26N4O. The second-order valence-electron chi connectivity index (χ2n) is 7.36. The van der Waals surface area contributed by atoms with Gasteiger partial charge in [0, 0.05) is 25.7 Å². The summed E-state index contributed by atoms with van der Waals surface area (Å²) in [4.78, 5) is 21.7. The van der Waals surface area contributed by atoms with Gasteiger partial charge in [-0.1, -0.05) is 18.6 Å². The fourth-order valence-corrected chi connectivity index (χ4v) is 4.55. The van der Waals surface area contributed by atoms with Crippen molar-refractivity contribution in [2.45, 2.75) is 31.8 Å². The summed E-state index contributed by atoms with van der Waals surface area (Å²) >= 11 is 0. The van der Waals surface area contributed by atoms with Crippen LogP contribution in [0.4, 0.5) is 5.69 Å². The van der Waals surface area contributed by atoms with Crippen LogP contribution in [0, 0.1) is 11.8 Å². The van der Waals surface area contributed by atoms with Crippen LogP contribution in [0.25, 0.3) is 0 Å². The summed E-state index contributed by atoms with van der Waals surface area (Å²) in [5, 5.41) is 3.07. The SMILES string of the molecule is CNC1N=C(N2CC3CCCC(C3)C2)c2ccccc2N(C)C1=O. The number of benzodiazepines with no additional fused rings is 1. The van der Waals surface area contributed by atoms with Gasteiger partial charge in [0.15, 0.2) is 6.17 Å². The fraction of sp³-hybridized carbons (Fsp3) is 0.579. The summed E-state index contributed by atoms with van der Waals surface area (Å²) in [7, 11) is 3.65. The summed E-state index contributed by atoms with van der Waals surface area (Å²) in [5.41, 5.74) is 2.03. The maximum absolute atomic E-state index is 12.7. The molecule has 128 valence electrons. The number of amidine groups is 1. The number of hydrogen-bond donors (Lipinski definition) is 1. The van der Waals surface area contributed by atoms with Gasteiger partial charge in [0.25, 0.3) is 5.91 Å². The number of hydrogen-bond acceptors (Lipinski definition) is 4. The smallest absolute Gasteiger partial charge is 0.266 e. The van der Waals surface area contributed by atoms with Crippen LogP contribution in [0.15, 0.2) is 29.3 Å². The third-order valence-electron chi connectivity index (χ3n) is 5.74. The number of piperidine rings is 1. The second-order valence-corrected chi connectivity index (χ2v) is 7.36. The highest BCUT2D eigenvalue weighted by Crippen LogP contribution is 2.36. The van der Waals surface area contributed by atoms with Gasteiger partial charge in [-0.05, 0) is 50.3 Å². The van der Waals surface area contributed by atoms with Gasteiger partial charge in [0.05, 0.1) is 5.69 Å². The maximum atomic E-state index is 12.7. The highest BCUT2D eigenvalue weighted by Gasteiger charge is 2.35. The largest absolute Gasteiger partial charge is 0.356 e. The zero-order valence-electron chi connectivity index (χ0n) is 14.5. The van der Waals surface area contributed by atoms with Gasteiger partial charge in [-0.25, -0.2) is 4.99 Å². The first-order valence-electron chi connectivity index (χ1n) is 9.04. The summed E-state index contributed by atoms with van der Waals surface area (Å²) < 4.78 is 0. The summed E-state index contributed by atoms with van der Waals surface area (Å²) in [6.07, 6.45) is 4.87. The summed E-state index contributed by atoms with van der Waals surface area (Å²) in [5.74, 6) is 2.53. The number of para-hydroxylation sites is 1. The lowest BCUT2D eigenvalue weighted by atomic mass is 9.78. The van der Waals surface area contributed by atoms with Crippen molar-refractivity contribution >= 4 is 17.4 Å². The van der Waals surface area contributed by atoms with Crippen molar-refractivity contribution in [1.29, 1.82) is 0 Å². The molecule has 1 amide bonds. The van der Waals surface area contributed by atoms with Crippen molar-refractivity contribution in [3.63, 3.8) is 0 Å². The van der Waals surface area contributed by atoms with E-state index in [0.29, 0.717) is 0 Å². The number of carbonyl (C=O) groups excluding carboxylic acids is 1. The van der Waals surface area contributed by atoms with Crippen molar-refractivity contribution in [3.05, 3.63) is 29.8 Å². The average molecular weight is 326 g/mol. The molecule has 2 bridgehead atoms. The number of fused-ring (bicyclic) bond motifs is 3. The van der Waals surface area contributed by atoms with E-state index >= 15 is 0 Å². The van der Waals surface area contributed by atoms with E-state index in [1.54, 1.807) is 11.9 Å². The minimum Gasteiger partial charge on any atom is -0.356 e. The Kier molecular flexibility index (Phi) is 4.04. The maximum Gasteiger partial charge on any atom is 0.266 e. The molecule has 3 aliphatic rings. The van der Waals surface area contributed by atoms with Crippen LogP contribution in [0.1, 0.15) is 31.2 Å². The predicted octanol–water partition coefficient (Wildman–Crippen LogP) is 2.08. The number of amides is 1. The molecule has 0 aromatic heterocycles. The van der Waals surface area contributed by atoms with Crippen LogP contribution >= 0.6 is 0 Å². The third-order valence-corrected chi connectivity index (χ3v) is 5.74. The summed E-state index contributed by atoms with van der Waals surface area (Å²) in [6.45, 7) is 2.13. The van der Waals surface area contributed by atoms with E-state index in [-0.39, 0.29) is 5.91 Å². The Morgan fingerprint density at radius 1 is 1.17 bits per heavy atom. The minimum absolute atomic E-state index is 0.00264. The van der Waals surface area contributed by atoms with Gasteiger partial charge in [0.1, 0.15) is 5.84 Å². The van der Waals surface area contributed by atoms with Gasteiger partial charge in [-0.15, -0.1) is 0 Å². The second kappa shape index (κ2) is 6.20. The van der Waals surface area contributed by atoms with Crippen LogP contribution in [0.5, 0.6) is 0 Å². The molecule has 3 unspecified atom stereocenters. The number of carbonyl (C=O) groups is 1. The number of nitrogens with zero attached hydrogens (tertiary/aromatic N) is 3. The molecule has 1 aliphatic carbocycles. The molecule has 24 heavy (non-hydrogen) atoms. The Hall–Kier alpha value is -1.88. The quantitative estimate of drug-likeness (QED) is 0.859. The Bertz CT molecular complexity index is 659. The van der Waals surface area contributed by atoms with Gasteiger partial charge >= 0.3 is 0 Å². The molecule has 2 heterocycles. The number of likely N-dealkylation sites (N-methyl/N-ethyl adjacent to an activating group) is 2. The van der Waals surface area contributed by atoms with E-state index in [4.69, 9.17) is 4.99 Å². The number of likely N-dealkylation sites (tertiary alicyclic amines) is 1. The number of nitrogens with one attached hydrogen (secondary N) is 1. The van der Waals surface area contributed by atoms with E-state index in [1.807, 2.05) is 25.2 Å². The third kappa shape index (κ3) is 2.61. The topological polar surface area (TPSA) is 47.9 Å². The minimum atomic E-state index is -0.515. The van der Waals surface area contributed by atoms with E-state index in [9.17, 15) is 4.79 Å². The number of rotatable bonds is 1. The zero-order chi connectivity index (χ0) is 16.7. The molecule has 1 saturated carbocycles. The lowest BCUT2D eigenvalue weighted by Gasteiger charge is -2.43. The van der Waals surface area contributed by atoms with Gasteiger partial charge in [-0.2, -0.15) is 0 Å². The Morgan fingerprint density at radius 2 is 1.88 bits per heavy atom. The molecule has 1 aromatic rings. The molecule has 3 atom stereocenters. The first kappa shape index (κ1) is 15.6. The highest BCUT2D eigenvalue weighted by atomic mass is 16.2. The van der Waals surface area contributed by atoms with Gasteiger partial charge in [-0.3, -0.25) is 10.1 Å². The van der Waals surface area contributed by atoms with Crippen molar-refractivity contribution in [2.75, 3.05) is 32.1 Å². The fourth-order valence-electron chi connectivity index (χ4n) is 4.55. The van der Waals surface area contributed by atoms with Crippen LogP contribution in [0.2, 0.25) is 0 Å². The van der Waals surface area contributed by atoms with Crippen LogP contribution in [0.3, 0.4) is 0 Å². The van der Waals surface area contributed by atoms with Crippen molar-refractivity contribution in [1.82, 2.24) is 10.2 Å². The van der Waals surface area contributed by atoms with E-state index < -0.39 is 6.17 Å². The van der Waals surface area contributed by atoms with Crippen molar-refractivity contribution in [3.8, 4) is 0 Å². The molecule has 5 heteroatoms. The number of anilines is 1. The molecule has 4 rings (SSSR count). The molecule has 2 fully saturated rings. The zero-order valence-corrected chi connectivity index (χ0v) is 14.5.